The van der Waals surface area contributed by atoms with Crippen molar-refractivity contribution in [1.82, 2.24) is 31.9 Å². The third kappa shape index (κ3) is 18.2. The number of rotatable bonds is 24. The number of carboxylic acids is 1. The van der Waals surface area contributed by atoms with Crippen LogP contribution in [0.1, 0.15) is 53.4 Å². The first-order valence-electron chi connectivity index (χ1n) is 16.2. The lowest BCUT2D eigenvalue weighted by atomic mass is 10.0. The first kappa shape index (κ1) is 46.9. The zero-order valence-corrected chi connectivity index (χ0v) is 29.5. The van der Waals surface area contributed by atoms with E-state index < -0.39 is 115 Å². The van der Waals surface area contributed by atoms with Gasteiger partial charge in [0, 0.05) is 6.54 Å². The van der Waals surface area contributed by atoms with Crippen molar-refractivity contribution in [2.45, 2.75) is 102 Å². The summed E-state index contributed by atoms with van der Waals surface area (Å²) in [7, 11) is 0. The van der Waals surface area contributed by atoms with Crippen LogP contribution in [0.2, 0.25) is 0 Å². The number of carbonyl (C=O) groups excluding carboxylic acids is 7. The van der Waals surface area contributed by atoms with Crippen LogP contribution < -0.4 is 54.8 Å². The van der Waals surface area contributed by atoms with E-state index in [9.17, 15) is 58.8 Å². The number of primary amides is 1. The van der Waals surface area contributed by atoms with Gasteiger partial charge in [-0.05, 0) is 39.0 Å². The second-order valence-corrected chi connectivity index (χ2v) is 12.3. The molecule has 0 heterocycles. The first-order chi connectivity index (χ1) is 24.1. The Morgan fingerprint density at radius 3 is 1.73 bits per heavy atom. The smallest absolute Gasteiger partial charge is 0.326 e. The number of hydrogen-bond acceptors (Lipinski definition) is 13. The van der Waals surface area contributed by atoms with Gasteiger partial charge in [0.1, 0.15) is 36.3 Å². The molecule has 18 N–H and O–H groups in total. The molecule has 0 saturated heterocycles. The van der Waals surface area contributed by atoms with Gasteiger partial charge in [-0.25, -0.2) is 4.79 Å². The number of carboxylic acid groups (broad SMARTS) is 1. The first-order valence-corrected chi connectivity index (χ1v) is 16.2. The van der Waals surface area contributed by atoms with Gasteiger partial charge in [-0.2, -0.15) is 0 Å². The molecule has 0 fully saturated rings. The fraction of sp³-hybridized carbons (Fsp3) is 0.690. The normalized spacial score (nSPS) is 15.6. The van der Waals surface area contributed by atoms with E-state index in [-0.39, 0.29) is 37.7 Å². The Balaban J connectivity index is 5.75. The van der Waals surface area contributed by atoms with Crippen LogP contribution in [0.5, 0.6) is 0 Å². The predicted molar refractivity (Wildman–Crippen MR) is 182 cm³/mol. The molecule has 52 heavy (non-hydrogen) atoms. The molecular formula is C29H53N11O12. The molecule has 23 nitrogen and oxygen atoms in total. The quantitative estimate of drug-likeness (QED) is 0.0248. The molecule has 0 aromatic heterocycles. The number of aliphatic carboxylic acids is 1. The molecule has 0 aromatic rings. The zero-order valence-electron chi connectivity index (χ0n) is 29.5. The lowest BCUT2D eigenvalue weighted by Crippen LogP contribution is -2.60. The van der Waals surface area contributed by atoms with Gasteiger partial charge < -0.3 is 75.3 Å². The summed E-state index contributed by atoms with van der Waals surface area (Å²) < 4.78 is 0. The van der Waals surface area contributed by atoms with Gasteiger partial charge in [0.25, 0.3) is 0 Å². The molecule has 0 aliphatic rings. The number of nitrogens with one attached hydrogen (secondary N) is 6. The molecule has 0 aromatic carbocycles. The molecule has 0 aliphatic carbocycles. The van der Waals surface area contributed by atoms with Crippen molar-refractivity contribution in [1.29, 1.82) is 0 Å². The van der Waals surface area contributed by atoms with Crippen LogP contribution in [0, 0.1) is 5.92 Å². The highest BCUT2D eigenvalue weighted by Gasteiger charge is 2.34. The van der Waals surface area contributed by atoms with Crippen molar-refractivity contribution in [2.24, 2.45) is 33.8 Å². The second-order valence-electron chi connectivity index (χ2n) is 12.3. The average molecular weight is 748 g/mol. The summed E-state index contributed by atoms with van der Waals surface area (Å²) in [6, 6.07) is -9.19. The van der Waals surface area contributed by atoms with Crippen LogP contribution >= 0.6 is 0 Å². The number of guanidine groups is 1. The number of aliphatic imine (C=N–C) groups is 1. The van der Waals surface area contributed by atoms with E-state index in [0.717, 1.165) is 6.92 Å². The number of aliphatic hydroxyl groups excluding tert-OH is 3. The van der Waals surface area contributed by atoms with Crippen molar-refractivity contribution in [2.75, 3.05) is 19.7 Å². The maximum absolute atomic E-state index is 13.4. The average Bonchev–Trinajstić information content (AvgIpc) is 3.03. The van der Waals surface area contributed by atoms with Crippen molar-refractivity contribution in [3.05, 3.63) is 0 Å². The summed E-state index contributed by atoms with van der Waals surface area (Å²) >= 11 is 0. The number of nitrogens with zero attached hydrogens (tertiary/aromatic N) is 1. The Bertz CT molecular complexity index is 1290. The Hall–Kier alpha value is -5.13. The van der Waals surface area contributed by atoms with Crippen LogP contribution in [0.3, 0.4) is 0 Å². The molecule has 0 saturated carbocycles. The standard InChI is InChI=1S/C29H53N11O12/c1-12(2)8-16(25(48)40-22(14(4)43)27(50)37-15(28(51)52)6-5-7-34-29(32)33)38-24(47)17(9-19(30)44)36-20(45)10-35-23(46)18(11-41)39-26(49)21(31)13(3)42/h12-18,21-22,41-43H,5-11,31H2,1-4H3,(H2,30,44)(H,35,46)(H,36,45)(H,37,50)(H,38,47)(H,39,49)(H,40,48)(H,51,52)(H4,32,33,34)/t13-,14-,15+,16+,17+,18+,21+,22+/m1/s1. The highest BCUT2D eigenvalue weighted by molar-refractivity contribution is 5.97. The van der Waals surface area contributed by atoms with Crippen LogP contribution in [-0.2, 0) is 38.4 Å². The molecule has 0 spiro atoms. The number of nitrogens with two attached hydrogens (primary N) is 4. The summed E-state index contributed by atoms with van der Waals surface area (Å²) in [5.74, 6) is -9.04. The fourth-order valence-corrected chi connectivity index (χ4v) is 4.28. The van der Waals surface area contributed by atoms with Crippen LogP contribution in [0.15, 0.2) is 4.99 Å². The van der Waals surface area contributed by atoms with Crippen LogP contribution in [0.4, 0.5) is 0 Å². The molecule has 0 rings (SSSR count). The van der Waals surface area contributed by atoms with Crippen molar-refractivity contribution in [3.63, 3.8) is 0 Å². The number of aliphatic hydroxyl groups is 3. The third-order valence-electron chi connectivity index (χ3n) is 7.08. The van der Waals surface area contributed by atoms with Crippen molar-refractivity contribution in [3.8, 4) is 0 Å². The van der Waals surface area contributed by atoms with Crippen LogP contribution in [-0.4, -0.2) is 142 Å². The SMILES string of the molecule is CC(C)C[C@H](NC(=O)[C@H](CC(N)=O)NC(=O)CNC(=O)[C@H](CO)NC(=O)[C@@H](N)[C@@H](C)O)C(=O)N[C@H](C(=O)N[C@@H](CCCN=C(N)N)C(=O)O)[C@@H](C)O. The summed E-state index contributed by atoms with van der Waals surface area (Å²) in [4.78, 5) is 104. The Morgan fingerprint density at radius 2 is 1.25 bits per heavy atom. The second kappa shape index (κ2) is 23.4. The Labute approximate surface area is 299 Å². The maximum Gasteiger partial charge on any atom is 0.326 e. The minimum atomic E-state index is -1.68. The van der Waals surface area contributed by atoms with Gasteiger partial charge in [-0.1, -0.05) is 13.8 Å². The van der Waals surface area contributed by atoms with E-state index in [1.165, 1.54) is 6.92 Å². The van der Waals surface area contributed by atoms with Gasteiger partial charge in [-0.3, -0.25) is 38.6 Å². The van der Waals surface area contributed by atoms with Crippen molar-refractivity contribution >= 4 is 53.3 Å². The molecule has 0 unspecified atom stereocenters. The topological polar surface area (TPSA) is 406 Å². The largest absolute Gasteiger partial charge is 0.480 e. The highest BCUT2D eigenvalue weighted by atomic mass is 16.4. The van der Waals surface area contributed by atoms with Gasteiger partial charge in [0.2, 0.25) is 41.4 Å². The minimum absolute atomic E-state index is 0.0471. The zero-order chi connectivity index (χ0) is 40.3. The van der Waals surface area contributed by atoms with E-state index in [1.807, 2.05) is 0 Å². The van der Waals surface area contributed by atoms with Gasteiger partial charge >= 0.3 is 5.97 Å². The summed E-state index contributed by atoms with van der Waals surface area (Å²) in [6.07, 6.45) is -3.55. The van der Waals surface area contributed by atoms with Gasteiger partial charge in [-0.15, -0.1) is 0 Å². The fourth-order valence-electron chi connectivity index (χ4n) is 4.28. The molecule has 0 bridgehead atoms. The molecule has 8 atom stereocenters. The monoisotopic (exact) mass is 747 g/mol. The van der Waals surface area contributed by atoms with Crippen molar-refractivity contribution < 1.29 is 58.8 Å². The Kier molecular flexibility index (Phi) is 21.1. The number of carbonyl (C=O) groups is 8. The summed E-state index contributed by atoms with van der Waals surface area (Å²) in [6.45, 7) is 4.12. The van der Waals surface area contributed by atoms with E-state index in [1.54, 1.807) is 13.8 Å². The van der Waals surface area contributed by atoms with Crippen LogP contribution in [0.25, 0.3) is 0 Å². The molecule has 0 aliphatic heterocycles. The lowest BCUT2D eigenvalue weighted by molar-refractivity contribution is -0.143. The maximum atomic E-state index is 13.4. The summed E-state index contributed by atoms with van der Waals surface area (Å²) in [5.41, 5.74) is 21.2. The number of hydrogen-bond donors (Lipinski definition) is 14. The number of amides is 7. The third-order valence-corrected chi connectivity index (χ3v) is 7.08. The van der Waals surface area contributed by atoms with Gasteiger partial charge in [0.15, 0.2) is 5.96 Å². The van der Waals surface area contributed by atoms with E-state index >= 15 is 0 Å². The van der Waals surface area contributed by atoms with E-state index in [2.05, 4.69) is 36.9 Å². The van der Waals surface area contributed by atoms with E-state index in [0.29, 0.717) is 0 Å². The lowest BCUT2D eigenvalue weighted by Gasteiger charge is -2.27. The molecule has 296 valence electrons. The molecule has 0 radical (unpaired) electrons. The van der Waals surface area contributed by atoms with E-state index in [4.69, 9.17) is 22.9 Å². The highest BCUT2D eigenvalue weighted by Crippen LogP contribution is 2.08. The molecule has 23 heteroatoms. The minimum Gasteiger partial charge on any atom is -0.480 e. The molecular weight excluding hydrogens is 694 g/mol. The van der Waals surface area contributed by atoms with Gasteiger partial charge in [0.05, 0.1) is 31.8 Å². The summed E-state index contributed by atoms with van der Waals surface area (Å²) in [5, 5.41) is 52.0. The molecule has 7 amide bonds. The predicted octanol–water partition coefficient (Wildman–Crippen LogP) is -7.33. The Morgan fingerprint density at radius 1 is 0.692 bits per heavy atom.